The zero-order valence-corrected chi connectivity index (χ0v) is 18.6. The number of carbonyl (C=O) groups is 2. The number of nitrogens with one attached hydrogen (secondary N) is 4. The fraction of sp³-hybridized carbons (Fsp3) is 0.250. The number of pyridine rings is 1. The second-order valence-electron chi connectivity index (χ2n) is 8.09. The van der Waals surface area contributed by atoms with E-state index in [0.717, 1.165) is 40.7 Å². The maximum absolute atomic E-state index is 12.0. The molecule has 0 saturated heterocycles. The van der Waals surface area contributed by atoms with Gasteiger partial charge in [-0.1, -0.05) is 6.07 Å². The first-order valence-electron chi connectivity index (χ1n) is 11.2. The monoisotopic (exact) mass is 456 g/mol. The maximum atomic E-state index is 12.0. The second-order valence-corrected chi connectivity index (χ2v) is 8.09. The highest BCUT2D eigenvalue weighted by molar-refractivity contribution is 5.97. The van der Waals surface area contributed by atoms with Crippen LogP contribution in [0.3, 0.4) is 0 Å². The summed E-state index contributed by atoms with van der Waals surface area (Å²) in [5.74, 6) is 1.12. The van der Waals surface area contributed by atoms with Crippen LogP contribution in [-0.4, -0.2) is 43.4 Å². The number of aromatic amines is 1. The van der Waals surface area contributed by atoms with Crippen LogP contribution in [0.5, 0.6) is 0 Å². The molecule has 5 rings (SSSR count). The van der Waals surface area contributed by atoms with Crippen molar-refractivity contribution >= 4 is 28.9 Å². The van der Waals surface area contributed by atoms with Crippen LogP contribution in [0.25, 0.3) is 33.5 Å². The van der Waals surface area contributed by atoms with E-state index in [2.05, 4.69) is 40.9 Å². The molecule has 0 unspecified atom stereocenters. The summed E-state index contributed by atoms with van der Waals surface area (Å²) in [5, 5.41) is 8.32. The highest BCUT2D eigenvalue weighted by Gasteiger charge is 2.29. The van der Waals surface area contributed by atoms with Crippen LogP contribution in [0.2, 0.25) is 0 Å². The number of nitrogens with zero attached hydrogens (tertiary/aromatic N) is 4. The predicted molar refractivity (Wildman–Crippen MR) is 128 cm³/mol. The van der Waals surface area contributed by atoms with Gasteiger partial charge in [-0.05, 0) is 49.6 Å². The molecule has 172 valence electrons. The number of H-pyrrole nitrogens is 1. The Labute approximate surface area is 195 Å². The quantitative estimate of drug-likeness (QED) is 0.337. The van der Waals surface area contributed by atoms with E-state index in [-0.39, 0.29) is 17.9 Å². The number of fused-ring (bicyclic) bond motifs is 1. The molecule has 10 heteroatoms. The molecule has 3 aromatic heterocycles. The number of carbonyl (C=O) groups excluding carboxylic acids is 2. The molecule has 4 N–H and O–H groups in total. The first-order chi connectivity index (χ1) is 16.6. The number of anilines is 1. The van der Waals surface area contributed by atoms with Crippen LogP contribution < -0.4 is 16.0 Å². The van der Waals surface area contributed by atoms with Crippen molar-refractivity contribution in [1.82, 2.24) is 35.6 Å². The first-order valence-corrected chi connectivity index (χ1v) is 11.2. The largest absolute Gasteiger partial charge is 0.350 e. The summed E-state index contributed by atoms with van der Waals surface area (Å²) in [6.07, 6.45) is 7.07. The number of imidazole rings is 1. The van der Waals surface area contributed by atoms with Crippen molar-refractivity contribution in [2.75, 3.05) is 11.9 Å². The molecular formula is C24H24N8O2. The summed E-state index contributed by atoms with van der Waals surface area (Å²) in [6, 6.07) is 9.19. The number of urea groups is 1. The van der Waals surface area contributed by atoms with E-state index >= 15 is 0 Å². The molecule has 0 atom stereocenters. The van der Waals surface area contributed by atoms with E-state index in [9.17, 15) is 9.59 Å². The third kappa shape index (κ3) is 4.70. The number of benzene rings is 1. The fourth-order valence-electron chi connectivity index (χ4n) is 3.63. The maximum Gasteiger partial charge on any atom is 0.321 e. The van der Waals surface area contributed by atoms with Gasteiger partial charge < -0.3 is 15.6 Å². The lowest BCUT2D eigenvalue weighted by Crippen LogP contribution is -2.28. The van der Waals surface area contributed by atoms with Crippen molar-refractivity contribution in [3.63, 3.8) is 0 Å². The van der Waals surface area contributed by atoms with Gasteiger partial charge in [-0.2, -0.15) is 0 Å². The molecule has 10 nitrogen and oxygen atoms in total. The molecule has 1 aliphatic rings. The van der Waals surface area contributed by atoms with Crippen molar-refractivity contribution in [1.29, 1.82) is 0 Å². The molecule has 3 heterocycles. The van der Waals surface area contributed by atoms with E-state index in [1.807, 2.05) is 31.2 Å². The van der Waals surface area contributed by atoms with E-state index < -0.39 is 0 Å². The smallest absolute Gasteiger partial charge is 0.321 e. The minimum atomic E-state index is -0.340. The number of rotatable bonds is 7. The minimum Gasteiger partial charge on any atom is -0.350 e. The predicted octanol–water partition coefficient (Wildman–Crippen LogP) is 3.25. The van der Waals surface area contributed by atoms with E-state index in [4.69, 9.17) is 0 Å². The molecule has 4 aromatic rings. The Balaban J connectivity index is 1.46. The topological polar surface area (TPSA) is 138 Å². The van der Waals surface area contributed by atoms with Gasteiger partial charge in [0.1, 0.15) is 5.52 Å². The molecule has 1 saturated carbocycles. The molecule has 1 aliphatic carbocycles. The van der Waals surface area contributed by atoms with E-state index in [1.54, 1.807) is 24.7 Å². The molecule has 1 aromatic carbocycles. The van der Waals surface area contributed by atoms with Crippen LogP contribution in [-0.2, 0) is 11.3 Å². The number of hydrogen-bond donors (Lipinski definition) is 4. The van der Waals surface area contributed by atoms with Gasteiger partial charge in [-0.3, -0.25) is 15.1 Å². The van der Waals surface area contributed by atoms with Crippen molar-refractivity contribution in [2.24, 2.45) is 5.92 Å². The normalized spacial score (nSPS) is 13.0. The van der Waals surface area contributed by atoms with Gasteiger partial charge in [0.25, 0.3) is 0 Å². The molecular weight excluding hydrogens is 432 g/mol. The number of hydrogen-bond acceptors (Lipinski definition) is 6. The summed E-state index contributed by atoms with van der Waals surface area (Å²) >= 11 is 0. The Kier molecular flexibility index (Phi) is 5.86. The van der Waals surface area contributed by atoms with Gasteiger partial charge in [-0.15, -0.1) is 0 Å². The molecule has 0 radical (unpaired) electrons. The Hall–Kier alpha value is -4.34. The van der Waals surface area contributed by atoms with Crippen molar-refractivity contribution in [2.45, 2.75) is 26.3 Å². The first kappa shape index (κ1) is 21.5. The summed E-state index contributed by atoms with van der Waals surface area (Å²) in [5.41, 5.74) is 4.68. The number of aromatic nitrogens is 5. The molecule has 0 bridgehead atoms. The lowest BCUT2D eigenvalue weighted by atomic mass is 10.0. The van der Waals surface area contributed by atoms with Crippen LogP contribution >= 0.6 is 0 Å². The SMILES string of the molecule is CCNC(=O)Nc1nc2c(-c3ncccn3)cc(-c3ccc(CNC(=O)C4CC4)nc3)cc2[nH]1. The standard InChI is InChI=1S/C24H24N8O2/c1-2-25-24(34)32-23-30-19-11-16(10-18(20(19)31-23)21-26-8-3-9-27-21)15-6-7-17(28-12-15)13-29-22(33)14-4-5-14/h3,6-12,14H,2,4-5,13H2,1H3,(H,29,33)(H3,25,30,31,32,34). The van der Waals surface area contributed by atoms with Crippen LogP contribution in [0.4, 0.5) is 10.7 Å². The van der Waals surface area contributed by atoms with Gasteiger partial charge in [-0.25, -0.2) is 19.7 Å². The van der Waals surface area contributed by atoms with E-state index in [0.29, 0.717) is 30.4 Å². The van der Waals surface area contributed by atoms with Crippen LogP contribution in [0, 0.1) is 5.92 Å². The summed E-state index contributed by atoms with van der Waals surface area (Å²) in [6.45, 7) is 2.76. The van der Waals surface area contributed by atoms with Gasteiger partial charge >= 0.3 is 6.03 Å². The Morgan fingerprint density at radius 1 is 1.06 bits per heavy atom. The highest BCUT2D eigenvalue weighted by atomic mass is 16.2. The van der Waals surface area contributed by atoms with Crippen LogP contribution in [0.1, 0.15) is 25.5 Å². The minimum absolute atomic E-state index is 0.0973. The Morgan fingerprint density at radius 2 is 1.88 bits per heavy atom. The Morgan fingerprint density at radius 3 is 2.59 bits per heavy atom. The average molecular weight is 457 g/mol. The summed E-state index contributed by atoms with van der Waals surface area (Å²) < 4.78 is 0. The van der Waals surface area contributed by atoms with E-state index in [1.165, 1.54) is 0 Å². The fourth-order valence-corrected chi connectivity index (χ4v) is 3.63. The van der Waals surface area contributed by atoms with Gasteiger partial charge in [0.2, 0.25) is 11.9 Å². The molecule has 0 spiro atoms. The zero-order valence-electron chi connectivity index (χ0n) is 18.6. The second kappa shape index (κ2) is 9.26. The molecule has 0 aliphatic heterocycles. The van der Waals surface area contributed by atoms with Crippen molar-refractivity contribution in [3.8, 4) is 22.5 Å². The third-order valence-corrected chi connectivity index (χ3v) is 5.51. The van der Waals surface area contributed by atoms with Gasteiger partial charge in [0.15, 0.2) is 5.82 Å². The average Bonchev–Trinajstić information content (AvgIpc) is 3.63. The molecule has 1 fully saturated rings. The lowest BCUT2D eigenvalue weighted by Gasteiger charge is -2.08. The van der Waals surface area contributed by atoms with Gasteiger partial charge in [0, 0.05) is 42.2 Å². The highest BCUT2D eigenvalue weighted by Crippen LogP contribution is 2.32. The van der Waals surface area contributed by atoms with Crippen molar-refractivity contribution in [3.05, 3.63) is 54.6 Å². The lowest BCUT2D eigenvalue weighted by molar-refractivity contribution is -0.122. The van der Waals surface area contributed by atoms with Crippen molar-refractivity contribution < 1.29 is 9.59 Å². The molecule has 34 heavy (non-hydrogen) atoms. The number of amides is 3. The summed E-state index contributed by atoms with van der Waals surface area (Å²) in [4.78, 5) is 44.8. The third-order valence-electron chi connectivity index (χ3n) is 5.51. The summed E-state index contributed by atoms with van der Waals surface area (Å²) in [7, 11) is 0. The zero-order chi connectivity index (χ0) is 23.5. The molecule has 3 amide bonds. The Bertz CT molecular complexity index is 1330. The van der Waals surface area contributed by atoms with Crippen LogP contribution in [0.15, 0.2) is 48.9 Å². The van der Waals surface area contributed by atoms with Gasteiger partial charge in [0.05, 0.1) is 17.8 Å².